The summed E-state index contributed by atoms with van der Waals surface area (Å²) in [5.41, 5.74) is 1.52. The van der Waals surface area contributed by atoms with Gasteiger partial charge in [-0.3, -0.25) is 10.1 Å². The van der Waals surface area contributed by atoms with Crippen molar-refractivity contribution in [2.45, 2.75) is 6.92 Å². The minimum atomic E-state index is -0.512. The molecule has 20 heavy (non-hydrogen) atoms. The number of nitro groups is 1. The molecule has 0 atom stereocenters. The zero-order chi connectivity index (χ0) is 14.7. The molecule has 0 radical (unpaired) electrons. The zero-order valence-corrected chi connectivity index (χ0v) is 10.6. The van der Waals surface area contributed by atoms with Crippen LogP contribution in [0.2, 0.25) is 0 Å². The second kappa shape index (κ2) is 5.36. The molecule has 0 saturated carbocycles. The van der Waals surface area contributed by atoms with E-state index in [0.717, 1.165) is 6.07 Å². The number of anilines is 2. The number of aryl methyl sites for hydroxylation is 1. The van der Waals surface area contributed by atoms with Crippen molar-refractivity contribution in [2.75, 3.05) is 5.32 Å². The van der Waals surface area contributed by atoms with Crippen LogP contribution in [0.25, 0.3) is 0 Å². The van der Waals surface area contributed by atoms with E-state index >= 15 is 0 Å². The van der Waals surface area contributed by atoms with Gasteiger partial charge in [-0.1, -0.05) is 6.07 Å². The van der Waals surface area contributed by atoms with Gasteiger partial charge in [-0.25, -0.2) is 4.39 Å². The van der Waals surface area contributed by atoms with Gasteiger partial charge < -0.3 is 5.32 Å². The fraction of sp³-hybridized carbons (Fsp3) is 0.0714. The lowest BCUT2D eigenvalue weighted by molar-refractivity contribution is -0.385. The summed E-state index contributed by atoms with van der Waals surface area (Å²) >= 11 is 0. The van der Waals surface area contributed by atoms with Crippen molar-refractivity contribution < 1.29 is 9.31 Å². The summed E-state index contributed by atoms with van der Waals surface area (Å²) in [6.45, 7) is 1.64. The first-order valence-corrected chi connectivity index (χ1v) is 5.73. The third kappa shape index (κ3) is 2.72. The third-order valence-corrected chi connectivity index (χ3v) is 2.79. The molecule has 0 aliphatic rings. The Morgan fingerprint density at radius 2 is 2.05 bits per heavy atom. The van der Waals surface area contributed by atoms with Crippen molar-refractivity contribution in [3.63, 3.8) is 0 Å². The van der Waals surface area contributed by atoms with Crippen LogP contribution in [0.3, 0.4) is 0 Å². The number of rotatable bonds is 3. The van der Waals surface area contributed by atoms with Gasteiger partial charge in [0.15, 0.2) is 0 Å². The van der Waals surface area contributed by atoms with E-state index in [9.17, 15) is 14.5 Å². The van der Waals surface area contributed by atoms with Gasteiger partial charge in [0.05, 0.1) is 16.2 Å². The monoisotopic (exact) mass is 271 g/mol. The number of halogens is 1. The highest BCUT2D eigenvalue weighted by Crippen LogP contribution is 2.26. The van der Waals surface area contributed by atoms with Crippen LogP contribution in [0.15, 0.2) is 36.4 Å². The first-order chi connectivity index (χ1) is 9.51. The quantitative estimate of drug-likeness (QED) is 0.682. The molecule has 0 fully saturated rings. The van der Waals surface area contributed by atoms with Crippen molar-refractivity contribution in [1.29, 1.82) is 5.26 Å². The summed E-state index contributed by atoms with van der Waals surface area (Å²) in [5.74, 6) is -0.512. The lowest BCUT2D eigenvalue weighted by Crippen LogP contribution is -1.97. The van der Waals surface area contributed by atoms with E-state index in [2.05, 4.69) is 5.32 Å². The summed E-state index contributed by atoms with van der Waals surface area (Å²) < 4.78 is 13.0. The lowest BCUT2D eigenvalue weighted by atomic mass is 10.1. The fourth-order valence-electron chi connectivity index (χ4n) is 1.76. The smallest absolute Gasteiger partial charge is 0.274 e. The van der Waals surface area contributed by atoms with E-state index in [4.69, 9.17) is 5.26 Å². The third-order valence-electron chi connectivity index (χ3n) is 2.79. The standard InChI is InChI=1S/C14H10FN3O2/c1-9-2-4-12(7-14(9)18(19)20)17-13-5-3-11(15)6-10(13)8-16/h2-7,17H,1H3. The highest BCUT2D eigenvalue weighted by atomic mass is 19.1. The molecule has 2 aromatic rings. The van der Waals surface area contributed by atoms with Gasteiger partial charge >= 0.3 is 0 Å². The number of hydrogen-bond donors (Lipinski definition) is 1. The molecule has 0 aromatic heterocycles. The first kappa shape index (κ1) is 13.5. The first-order valence-electron chi connectivity index (χ1n) is 5.73. The van der Waals surface area contributed by atoms with Gasteiger partial charge in [-0.2, -0.15) is 5.26 Å². The van der Waals surface area contributed by atoms with Crippen LogP contribution in [-0.4, -0.2) is 4.92 Å². The lowest BCUT2D eigenvalue weighted by Gasteiger charge is -2.09. The van der Waals surface area contributed by atoms with Crippen molar-refractivity contribution >= 4 is 17.1 Å². The summed E-state index contributed by atoms with van der Waals surface area (Å²) in [5, 5.41) is 22.7. The zero-order valence-electron chi connectivity index (χ0n) is 10.6. The maximum absolute atomic E-state index is 13.0. The number of nitro benzene ring substituents is 1. The predicted octanol–water partition coefficient (Wildman–Crippen LogP) is 3.66. The summed E-state index contributed by atoms with van der Waals surface area (Å²) in [6, 6.07) is 10.2. The van der Waals surface area contributed by atoms with Crippen LogP contribution >= 0.6 is 0 Å². The Morgan fingerprint density at radius 1 is 1.30 bits per heavy atom. The molecule has 1 N–H and O–H groups in total. The molecule has 0 aliphatic heterocycles. The maximum atomic E-state index is 13.0. The molecule has 0 heterocycles. The summed E-state index contributed by atoms with van der Waals surface area (Å²) in [6.07, 6.45) is 0. The largest absolute Gasteiger partial charge is 0.354 e. The van der Waals surface area contributed by atoms with Crippen LogP contribution in [0.1, 0.15) is 11.1 Å². The van der Waals surface area contributed by atoms with Crippen LogP contribution in [-0.2, 0) is 0 Å². The number of nitriles is 1. The SMILES string of the molecule is Cc1ccc(Nc2ccc(F)cc2C#N)cc1[N+](=O)[O-]. The van der Waals surface area contributed by atoms with E-state index < -0.39 is 10.7 Å². The van der Waals surface area contributed by atoms with Crippen LogP contribution < -0.4 is 5.32 Å². The van der Waals surface area contributed by atoms with E-state index in [-0.39, 0.29) is 11.3 Å². The van der Waals surface area contributed by atoms with Gasteiger partial charge in [-0.15, -0.1) is 0 Å². The molecular formula is C14H10FN3O2. The van der Waals surface area contributed by atoms with Crippen molar-refractivity contribution in [3.8, 4) is 6.07 Å². The van der Waals surface area contributed by atoms with Crippen LogP contribution in [0.5, 0.6) is 0 Å². The van der Waals surface area contributed by atoms with Crippen molar-refractivity contribution in [1.82, 2.24) is 0 Å². The van der Waals surface area contributed by atoms with E-state index in [0.29, 0.717) is 16.9 Å². The summed E-state index contributed by atoms with van der Waals surface area (Å²) in [4.78, 5) is 10.4. The van der Waals surface area contributed by atoms with Gasteiger partial charge in [0.25, 0.3) is 5.69 Å². The Bertz CT molecular complexity index is 723. The Hall–Kier alpha value is -2.94. The fourth-order valence-corrected chi connectivity index (χ4v) is 1.76. The van der Waals surface area contributed by atoms with Gasteiger partial charge in [-0.05, 0) is 31.2 Å². The maximum Gasteiger partial charge on any atom is 0.274 e. The Labute approximate surface area is 114 Å². The van der Waals surface area contributed by atoms with Crippen LogP contribution in [0, 0.1) is 34.2 Å². The van der Waals surface area contributed by atoms with Crippen molar-refractivity contribution in [3.05, 3.63) is 63.5 Å². The minimum absolute atomic E-state index is 0.0179. The van der Waals surface area contributed by atoms with E-state index in [1.807, 2.05) is 6.07 Å². The van der Waals surface area contributed by atoms with Gasteiger partial charge in [0.2, 0.25) is 0 Å². The molecule has 0 saturated heterocycles. The predicted molar refractivity (Wildman–Crippen MR) is 72.2 cm³/mol. The molecule has 2 rings (SSSR count). The Kier molecular flexibility index (Phi) is 3.62. The molecule has 2 aromatic carbocycles. The second-order valence-corrected chi connectivity index (χ2v) is 4.19. The van der Waals surface area contributed by atoms with Crippen molar-refractivity contribution in [2.24, 2.45) is 0 Å². The van der Waals surface area contributed by atoms with Crippen LogP contribution in [0.4, 0.5) is 21.5 Å². The Morgan fingerprint density at radius 3 is 2.70 bits per heavy atom. The number of nitrogens with one attached hydrogen (secondary N) is 1. The molecule has 5 nitrogen and oxygen atoms in total. The Balaban J connectivity index is 2.38. The molecule has 100 valence electrons. The second-order valence-electron chi connectivity index (χ2n) is 4.19. The average molecular weight is 271 g/mol. The molecule has 0 amide bonds. The number of hydrogen-bond acceptors (Lipinski definition) is 4. The number of benzene rings is 2. The van der Waals surface area contributed by atoms with E-state index in [1.54, 1.807) is 19.1 Å². The van der Waals surface area contributed by atoms with E-state index in [1.165, 1.54) is 18.2 Å². The molecule has 0 unspecified atom stereocenters. The molecular weight excluding hydrogens is 261 g/mol. The summed E-state index contributed by atoms with van der Waals surface area (Å²) in [7, 11) is 0. The highest BCUT2D eigenvalue weighted by Gasteiger charge is 2.12. The topological polar surface area (TPSA) is 79.0 Å². The number of nitrogens with zero attached hydrogens (tertiary/aromatic N) is 2. The normalized spacial score (nSPS) is 9.85. The molecule has 0 bridgehead atoms. The van der Waals surface area contributed by atoms with Gasteiger partial charge in [0, 0.05) is 17.3 Å². The minimum Gasteiger partial charge on any atom is -0.354 e. The van der Waals surface area contributed by atoms with Gasteiger partial charge in [0.1, 0.15) is 11.9 Å². The highest BCUT2D eigenvalue weighted by molar-refractivity contribution is 5.68. The molecule has 0 aliphatic carbocycles. The average Bonchev–Trinajstić information content (AvgIpc) is 2.42. The molecule has 0 spiro atoms. The molecule has 6 heteroatoms.